The lowest BCUT2D eigenvalue weighted by Crippen LogP contribution is -2.35. The second-order valence-electron chi connectivity index (χ2n) is 7.79. The molecular formula is C22H27ClN4O2. The average Bonchev–Trinajstić information content (AvgIpc) is 3.26. The van der Waals surface area contributed by atoms with Crippen LogP contribution in [0.4, 0.5) is 5.82 Å². The van der Waals surface area contributed by atoms with Crippen molar-refractivity contribution in [2.45, 2.75) is 57.6 Å². The van der Waals surface area contributed by atoms with E-state index in [1.807, 2.05) is 17.0 Å². The molecule has 1 saturated carbocycles. The van der Waals surface area contributed by atoms with E-state index >= 15 is 0 Å². The van der Waals surface area contributed by atoms with E-state index in [9.17, 15) is 4.79 Å². The van der Waals surface area contributed by atoms with E-state index in [1.54, 1.807) is 18.5 Å². The molecular weight excluding hydrogens is 388 g/mol. The molecule has 2 aromatic heterocycles. The molecule has 0 bridgehead atoms. The van der Waals surface area contributed by atoms with Gasteiger partial charge in [-0.15, -0.1) is 0 Å². The third kappa shape index (κ3) is 5.18. The molecule has 6 nitrogen and oxygen atoms in total. The molecule has 1 aliphatic carbocycles. The zero-order chi connectivity index (χ0) is 20.1. The maximum atomic E-state index is 12.6. The second kappa shape index (κ2) is 9.44. The first kappa shape index (κ1) is 20.0. The number of amides is 1. The number of halogens is 1. The van der Waals surface area contributed by atoms with Gasteiger partial charge < -0.3 is 15.0 Å². The number of hydrogen-bond donors (Lipinski definition) is 1. The van der Waals surface area contributed by atoms with Crippen molar-refractivity contribution < 1.29 is 9.53 Å². The smallest absolute Gasteiger partial charge is 0.255 e. The molecule has 1 N–H and O–H groups in total. The molecule has 2 aromatic rings. The van der Waals surface area contributed by atoms with Gasteiger partial charge >= 0.3 is 0 Å². The summed E-state index contributed by atoms with van der Waals surface area (Å²) in [6.45, 7) is 2.17. The van der Waals surface area contributed by atoms with Crippen molar-refractivity contribution in [3.63, 3.8) is 0 Å². The van der Waals surface area contributed by atoms with Crippen molar-refractivity contribution in [1.82, 2.24) is 14.9 Å². The highest BCUT2D eigenvalue weighted by Crippen LogP contribution is 2.25. The Bertz CT molecular complexity index is 848. The lowest BCUT2D eigenvalue weighted by atomic mass is 10.1. The standard InChI is InChI=1S/C22H27ClN4O2/c23-19-13-17(22(28)27-10-4-1-5-11-27)15-26-21(19)25-14-16-8-9-24-20(12-16)29-18-6-2-3-7-18/h8-9,12-13,15,18H,1-7,10-11,14H2,(H,25,26). The normalized spacial score (nSPS) is 17.3. The summed E-state index contributed by atoms with van der Waals surface area (Å²) in [4.78, 5) is 23.2. The molecule has 7 heteroatoms. The van der Waals surface area contributed by atoms with Crippen LogP contribution >= 0.6 is 11.6 Å². The highest BCUT2D eigenvalue weighted by molar-refractivity contribution is 6.33. The first-order chi connectivity index (χ1) is 14.2. The number of nitrogens with one attached hydrogen (secondary N) is 1. The summed E-state index contributed by atoms with van der Waals surface area (Å²) in [6.07, 6.45) is 11.6. The highest BCUT2D eigenvalue weighted by Gasteiger charge is 2.20. The number of piperidine rings is 1. The Morgan fingerprint density at radius 2 is 1.93 bits per heavy atom. The number of nitrogens with zero attached hydrogens (tertiary/aromatic N) is 3. The number of aromatic nitrogens is 2. The van der Waals surface area contributed by atoms with E-state index in [0.717, 1.165) is 44.3 Å². The Balaban J connectivity index is 1.36. The molecule has 0 spiro atoms. The van der Waals surface area contributed by atoms with Gasteiger partial charge in [0.15, 0.2) is 0 Å². The quantitative estimate of drug-likeness (QED) is 0.742. The number of carbonyl (C=O) groups is 1. The van der Waals surface area contributed by atoms with Gasteiger partial charge in [0.2, 0.25) is 5.88 Å². The fourth-order valence-electron chi connectivity index (χ4n) is 3.95. The largest absolute Gasteiger partial charge is 0.474 e. The molecule has 3 heterocycles. The van der Waals surface area contributed by atoms with Crippen molar-refractivity contribution in [2.24, 2.45) is 0 Å². The first-order valence-corrected chi connectivity index (χ1v) is 10.9. The molecule has 2 aliphatic rings. The van der Waals surface area contributed by atoms with Gasteiger partial charge in [0, 0.05) is 38.1 Å². The zero-order valence-electron chi connectivity index (χ0n) is 16.6. The number of carbonyl (C=O) groups excluding carboxylic acids is 1. The van der Waals surface area contributed by atoms with E-state index in [-0.39, 0.29) is 12.0 Å². The minimum atomic E-state index is 0.00786. The average molecular weight is 415 g/mol. The molecule has 1 amide bonds. The maximum Gasteiger partial charge on any atom is 0.255 e. The summed E-state index contributed by atoms with van der Waals surface area (Å²) in [7, 11) is 0. The Morgan fingerprint density at radius 1 is 1.14 bits per heavy atom. The zero-order valence-corrected chi connectivity index (χ0v) is 17.3. The van der Waals surface area contributed by atoms with Crippen molar-refractivity contribution in [2.75, 3.05) is 18.4 Å². The Kier molecular flexibility index (Phi) is 6.49. The van der Waals surface area contributed by atoms with Crippen molar-refractivity contribution in [3.8, 4) is 5.88 Å². The topological polar surface area (TPSA) is 67.3 Å². The number of ether oxygens (including phenoxy) is 1. The van der Waals surface area contributed by atoms with Crippen LogP contribution in [0.2, 0.25) is 5.02 Å². The molecule has 2 fully saturated rings. The summed E-state index contributed by atoms with van der Waals surface area (Å²) in [6, 6.07) is 5.60. The van der Waals surface area contributed by atoms with Crippen LogP contribution in [0.3, 0.4) is 0 Å². The van der Waals surface area contributed by atoms with E-state index in [0.29, 0.717) is 28.8 Å². The number of hydrogen-bond acceptors (Lipinski definition) is 5. The molecule has 0 atom stereocenters. The van der Waals surface area contributed by atoms with Crippen LogP contribution in [-0.2, 0) is 6.54 Å². The van der Waals surface area contributed by atoms with Crippen LogP contribution < -0.4 is 10.1 Å². The highest BCUT2D eigenvalue weighted by atomic mass is 35.5. The first-order valence-electron chi connectivity index (χ1n) is 10.5. The van der Waals surface area contributed by atoms with Gasteiger partial charge in [-0.05, 0) is 62.6 Å². The predicted molar refractivity (Wildman–Crippen MR) is 113 cm³/mol. The summed E-state index contributed by atoms with van der Waals surface area (Å²) >= 11 is 6.39. The molecule has 154 valence electrons. The van der Waals surface area contributed by atoms with E-state index < -0.39 is 0 Å². The van der Waals surface area contributed by atoms with Gasteiger partial charge in [-0.25, -0.2) is 9.97 Å². The predicted octanol–water partition coefficient (Wildman–Crippen LogP) is 4.69. The van der Waals surface area contributed by atoms with Crippen LogP contribution in [0.1, 0.15) is 60.9 Å². The lowest BCUT2D eigenvalue weighted by molar-refractivity contribution is 0.0724. The second-order valence-corrected chi connectivity index (χ2v) is 8.19. The number of pyridine rings is 2. The molecule has 29 heavy (non-hydrogen) atoms. The van der Waals surface area contributed by atoms with Crippen LogP contribution in [0.15, 0.2) is 30.6 Å². The van der Waals surface area contributed by atoms with Gasteiger partial charge in [-0.3, -0.25) is 4.79 Å². The van der Waals surface area contributed by atoms with Crippen molar-refractivity contribution >= 4 is 23.3 Å². The van der Waals surface area contributed by atoms with Crippen molar-refractivity contribution in [3.05, 3.63) is 46.7 Å². The van der Waals surface area contributed by atoms with Gasteiger partial charge in [-0.1, -0.05) is 11.6 Å². The van der Waals surface area contributed by atoms with Crippen LogP contribution in [0.25, 0.3) is 0 Å². The number of likely N-dealkylation sites (tertiary alicyclic amines) is 1. The lowest BCUT2D eigenvalue weighted by Gasteiger charge is -2.26. The maximum absolute atomic E-state index is 12.6. The third-order valence-corrected chi connectivity index (χ3v) is 5.87. The van der Waals surface area contributed by atoms with E-state index in [1.165, 1.54) is 19.3 Å². The van der Waals surface area contributed by atoms with Gasteiger partial charge in [0.05, 0.1) is 10.6 Å². The Labute approximate surface area is 176 Å². The molecule has 0 unspecified atom stereocenters. The van der Waals surface area contributed by atoms with Gasteiger partial charge in [0.1, 0.15) is 11.9 Å². The summed E-state index contributed by atoms with van der Waals surface area (Å²) in [5.41, 5.74) is 1.58. The Morgan fingerprint density at radius 3 is 2.69 bits per heavy atom. The van der Waals surface area contributed by atoms with Crippen LogP contribution in [0.5, 0.6) is 5.88 Å². The van der Waals surface area contributed by atoms with Crippen molar-refractivity contribution in [1.29, 1.82) is 0 Å². The van der Waals surface area contributed by atoms with Crippen LogP contribution in [-0.4, -0.2) is 40.0 Å². The van der Waals surface area contributed by atoms with Gasteiger partial charge in [0.25, 0.3) is 5.91 Å². The van der Waals surface area contributed by atoms with E-state index in [2.05, 4.69) is 15.3 Å². The molecule has 4 rings (SSSR count). The number of rotatable bonds is 6. The minimum Gasteiger partial charge on any atom is -0.474 e. The SMILES string of the molecule is O=C(c1cnc(NCc2ccnc(OC3CCCC3)c2)c(Cl)c1)N1CCCCC1. The monoisotopic (exact) mass is 414 g/mol. The fraction of sp³-hybridized carbons (Fsp3) is 0.500. The fourth-order valence-corrected chi connectivity index (χ4v) is 4.19. The number of anilines is 1. The van der Waals surface area contributed by atoms with Gasteiger partial charge in [-0.2, -0.15) is 0 Å². The Hall–Kier alpha value is -2.34. The molecule has 1 saturated heterocycles. The minimum absolute atomic E-state index is 0.00786. The molecule has 0 aromatic carbocycles. The summed E-state index contributed by atoms with van der Waals surface area (Å²) in [5.74, 6) is 1.24. The van der Waals surface area contributed by atoms with E-state index in [4.69, 9.17) is 16.3 Å². The van der Waals surface area contributed by atoms with Crippen LogP contribution in [0, 0.1) is 0 Å². The third-order valence-electron chi connectivity index (χ3n) is 5.58. The molecule has 1 aliphatic heterocycles. The summed E-state index contributed by atoms with van der Waals surface area (Å²) < 4.78 is 5.97. The molecule has 0 radical (unpaired) electrons. The summed E-state index contributed by atoms with van der Waals surface area (Å²) in [5, 5.41) is 3.69.